The standard InChI is InChI=1S/C19H25NO2/c1-16-7-3-4-8-19(16)22-14-6-5-13-20-15-17-9-11-18(21-2)12-10-17/h3-4,7-12,20H,5-6,13-15H2,1-2H3. The second-order valence-corrected chi connectivity index (χ2v) is 5.35. The van der Waals surface area contributed by atoms with Crippen LogP contribution in [0.5, 0.6) is 11.5 Å². The van der Waals surface area contributed by atoms with Crippen LogP contribution >= 0.6 is 0 Å². The lowest BCUT2D eigenvalue weighted by atomic mass is 10.2. The number of ether oxygens (including phenoxy) is 2. The monoisotopic (exact) mass is 299 g/mol. The highest BCUT2D eigenvalue weighted by molar-refractivity contribution is 5.31. The molecule has 0 bridgehead atoms. The molecular weight excluding hydrogens is 274 g/mol. The normalized spacial score (nSPS) is 10.5. The van der Waals surface area contributed by atoms with E-state index in [2.05, 4.69) is 30.4 Å². The number of hydrogen-bond acceptors (Lipinski definition) is 3. The minimum atomic E-state index is 0.773. The largest absolute Gasteiger partial charge is 0.497 e. The number of para-hydroxylation sites is 1. The zero-order valence-corrected chi connectivity index (χ0v) is 13.5. The van der Waals surface area contributed by atoms with Crippen molar-refractivity contribution >= 4 is 0 Å². The van der Waals surface area contributed by atoms with E-state index < -0.39 is 0 Å². The van der Waals surface area contributed by atoms with Crippen LogP contribution in [0.25, 0.3) is 0 Å². The molecule has 2 aromatic carbocycles. The van der Waals surface area contributed by atoms with Gasteiger partial charge in [0.15, 0.2) is 0 Å². The van der Waals surface area contributed by atoms with E-state index in [-0.39, 0.29) is 0 Å². The average molecular weight is 299 g/mol. The molecule has 0 amide bonds. The SMILES string of the molecule is COc1ccc(CNCCCCOc2ccccc2C)cc1. The van der Waals surface area contributed by atoms with Crippen LogP contribution in [0.4, 0.5) is 0 Å². The molecule has 0 fully saturated rings. The van der Waals surface area contributed by atoms with Crippen molar-refractivity contribution in [2.45, 2.75) is 26.3 Å². The molecule has 2 rings (SSSR count). The molecule has 0 aliphatic rings. The number of rotatable bonds is 9. The summed E-state index contributed by atoms with van der Waals surface area (Å²) < 4.78 is 10.9. The van der Waals surface area contributed by atoms with Crippen LogP contribution < -0.4 is 14.8 Å². The molecule has 2 aromatic rings. The molecular formula is C19H25NO2. The van der Waals surface area contributed by atoms with Crippen molar-refractivity contribution < 1.29 is 9.47 Å². The number of nitrogens with one attached hydrogen (secondary N) is 1. The van der Waals surface area contributed by atoms with Gasteiger partial charge in [-0.1, -0.05) is 30.3 Å². The van der Waals surface area contributed by atoms with Crippen LogP contribution in [-0.4, -0.2) is 20.3 Å². The van der Waals surface area contributed by atoms with Gasteiger partial charge in [0.1, 0.15) is 11.5 Å². The third-order valence-corrected chi connectivity index (χ3v) is 3.59. The van der Waals surface area contributed by atoms with Gasteiger partial charge in [0.05, 0.1) is 13.7 Å². The summed E-state index contributed by atoms with van der Waals surface area (Å²) in [6.07, 6.45) is 2.17. The van der Waals surface area contributed by atoms with Crippen LogP contribution in [0.2, 0.25) is 0 Å². The molecule has 0 saturated heterocycles. The Hall–Kier alpha value is -2.00. The summed E-state index contributed by atoms with van der Waals surface area (Å²) in [5, 5.41) is 3.45. The highest BCUT2D eigenvalue weighted by Gasteiger charge is 1.98. The zero-order valence-electron chi connectivity index (χ0n) is 13.5. The molecule has 1 N–H and O–H groups in total. The molecule has 3 heteroatoms. The molecule has 0 atom stereocenters. The Kier molecular flexibility index (Phi) is 6.78. The molecule has 0 aromatic heterocycles. The summed E-state index contributed by atoms with van der Waals surface area (Å²) in [5.41, 5.74) is 2.47. The molecule has 3 nitrogen and oxygen atoms in total. The predicted octanol–water partition coefficient (Wildman–Crippen LogP) is 3.95. The van der Waals surface area contributed by atoms with E-state index in [1.807, 2.05) is 30.3 Å². The first kappa shape index (κ1) is 16.4. The van der Waals surface area contributed by atoms with Crippen LogP contribution in [0.1, 0.15) is 24.0 Å². The lowest BCUT2D eigenvalue weighted by Gasteiger charge is -2.09. The minimum Gasteiger partial charge on any atom is -0.497 e. The molecule has 0 aliphatic carbocycles. The van der Waals surface area contributed by atoms with Gasteiger partial charge in [-0.05, 0) is 55.6 Å². The lowest BCUT2D eigenvalue weighted by Crippen LogP contribution is -2.15. The molecule has 118 valence electrons. The van der Waals surface area contributed by atoms with E-state index in [9.17, 15) is 0 Å². The van der Waals surface area contributed by atoms with Crippen molar-refractivity contribution in [3.63, 3.8) is 0 Å². The smallest absolute Gasteiger partial charge is 0.122 e. The fourth-order valence-corrected chi connectivity index (χ4v) is 2.23. The molecule has 0 radical (unpaired) electrons. The predicted molar refractivity (Wildman–Crippen MR) is 90.6 cm³/mol. The van der Waals surface area contributed by atoms with Gasteiger partial charge < -0.3 is 14.8 Å². The molecule has 0 aliphatic heterocycles. The topological polar surface area (TPSA) is 30.5 Å². The Labute approximate surface area is 133 Å². The quantitative estimate of drug-likeness (QED) is 0.711. The van der Waals surface area contributed by atoms with Gasteiger partial charge in [-0.2, -0.15) is 0 Å². The second-order valence-electron chi connectivity index (χ2n) is 5.35. The Balaban J connectivity index is 1.55. The van der Waals surface area contributed by atoms with E-state index in [1.165, 1.54) is 11.1 Å². The van der Waals surface area contributed by atoms with Gasteiger partial charge in [-0.25, -0.2) is 0 Å². The molecule has 0 spiro atoms. The van der Waals surface area contributed by atoms with Crippen molar-refractivity contribution in [1.29, 1.82) is 0 Å². The summed E-state index contributed by atoms with van der Waals surface area (Å²) in [6, 6.07) is 16.3. The fraction of sp³-hybridized carbons (Fsp3) is 0.368. The van der Waals surface area contributed by atoms with E-state index in [0.717, 1.165) is 44.0 Å². The maximum atomic E-state index is 5.79. The van der Waals surface area contributed by atoms with Gasteiger partial charge in [0.25, 0.3) is 0 Å². The first-order chi connectivity index (χ1) is 10.8. The van der Waals surface area contributed by atoms with Crippen molar-refractivity contribution in [2.75, 3.05) is 20.3 Å². The first-order valence-electron chi connectivity index (χ1n) is 7.81. The van der Waals surface area contributed by atoms with Crippen LogP contribution in [-0.2, 0) is 6.54 Å². The van der Waals surface area contributed by atoms with Crippen molar-refractivity contribution in [1.82, 2.24) is 5.32 Å². The van der Waals surface area contributed by atoms with Crippen molar-refractivity contribution in [3.05, 3.63) is 59.7 Å². The van der Waals surface area contributed by atoms with Crippen LogP contribution in [0.15, 0.2) is 48.5 Å². The van der Waals surface area contributed by atoms with Gasteiger partial charge >= 0.3 is 0 Å². The lowest BCUT2D eigenvalue weighted by molar-refractivity contribution is 0.304. The van der Waals surface area contributed by atoms with E-state index in [0.29, 0.717) is 0 Å². The maximum Gasteiger partial charge on any atom is 0.122 e. The summed E-state index contributed by atoms with van der Waals surface area (Å²) in [6.45, 7) is 4.74. The maximum absolute atomic E-state index is 5.79. The summed E-state index contributed by atoms with van der Waals surface area (Å²) in [4.78, 5) is 0. The zero-order chi connectivity index (χ0) is 15.6. The molecule has 0 heterocycles. The van der Waals surface area contributed by atoms with Crippen LogP contribution in [0.3, 0.4) is 0 Å². The molecule has 0 unspecified atom stereocenters. The average Bonchev–Trinajstić information content (AvgIpc) is 2.56. The Morgan fingerprint density at radius 1 is 0.955 bits per heavy atom. The fourth-order valence-electron chi connectivity index (χ4n) is 2.23. The highest BCUT2D eigenvalue weighted by Crippen LogP contribution is 2.16. The summed E-state index contributed by atoms with van der Waals surface area (Å²) in [5.74, 6) is 1.89. The van der Waals surface area contributed by atoms with Crippen molar-refractivity contribution in [2.24, 2.45) is 0 Å². The minimum absolute atomic E-state index is 0.773. The third-order valence-electron chi connectivity index (χ3n) is 3.59. The van der Waals surface area contributed by atoms with E-state index in [4.69, 9.17) is 9.47 Å². The number of methoxy groups -OCH3 is 1. The van der Waals surface area contributed by atoms with E-state index in [1.54, 1.807) is 7.11 Å². The Bertz CT molecular complexity index is 552. The summed E-state index contributed by atoms with van der Waals surface area (Å²) in [7, 11) is 1.69. The number of aryl methyl sites for hydroxylation is 1. The third kappa shape index (κ3) is 5.41. The molecule has 22 heavy (non-hydrogen) atoms. The second kappa shape index (κ2) is 9.11. The number of hydrogen-bond donors (Lipinski definition) is 1. The summed E-state index contributed by atoms with van der Waals surface area (Å²) >= 11 is 0. The van der Waals surface area contributed by atoms with Gasteiger partial charge in [-0.15, -0.1) is 0 Å². The van der Waals surface area contributed by atoms with E-state index >= 15 is 0 Å². The van der Waals surface area contributed by atoms with Crippen LogP contribution in [0, 0.1) is 6.92 Å². The van der Waals surface area contributed by atoms with Crippen molar-refractivity contribution in [3.8, 4) is 11.5 Å². The van der Waals surface area contributed by atoms with Gasteiger partial charge in [0.2, 0.25) is 0 Å². The highest BCUT2D eigenvalue weighted by atomic mass is 16.5. The Morgan fingerprint density at radius 2 is 1.73 bits per heavy atom. The van der Waals surface area contributed by atoms with Gasteiger partial charge in [0, 0.05) is 6.54 Å². The number of benzene rings is 2. The molecule has 0 saturated carbocycles. The first-order valence-corrected chi connectivity index (χ1v) is 7.81. The Morgan fingerprint density at radius 3 is 2.45 bits per heavy atom. The number of unbranched alkanes of at least 4 members (excludes halogenated alkanes) is 1. The van der Waals surface area contributed by atoms with Gasteiger partial charge in [-0.3, -0.25) is 0 Å².